The van der Waals surface area contributed by atoms with Gasteiger partial charge in [-0.25, -0.2) is 19.2 Å². The molecule has 0 amide bonds. The van der Waals surface area contributed by atoms with Crippen LogP contribution in [0.3, 0.4) is 0 Å². The van der Waals surface area contributed by atoms with Crippen molar-refractivity contribution in [1.29, 1.82) is 0 Å². The van der Waals surface area contributed by atoms with Crippen molar-refractivity contribution in [2.45, 2.75) is 32.7 Å². The van der Waals surface area contributed by atoms with Crippen LogP contribution in [0.1, 0.15) is 35.1 Å². The van der Waals surface area contributed by atoms with E-state index in [1.807, 2.05) is 24.3 Å². The number of nitrogens with zero attached hydrogens (tertiary/aromatic N) is 1. The fourth-order valence-electron chi connectivity index (χ4n) is 4.86. The largest absolute Gasteiger partial charge is 0.508 e. The third-order valence-electron chi connectivity index (χ3n) is 7.03. The summed E-state index contributed by atoms with van der Waals surface area (Å²) in [6, 6.07) is 20.9. The minimum absolute atomic E-state index is 0.305. The second-order valence-electron chi connectivity index (χ2n) is 10.4. The maximum atomic E-state index is 10.1. The molecule has 244 valence electrons. The van der Waals surface area contributed by atoms with Crippen molar-refractivity contribution >= 4 is 45.3 Å². The third-order valence-corrected chi connectivity index (χ3v) is 8.27. The first-order valence-electron chi connectivity index (χ1n) is 14.3. The lowest BCUT2D eigenvalue weighted by Crippen LogP contribution is -2.18. The highest BCUT2D eigenvalue weighted by Gasteiger charge is 2.17. The molecule has 5 rings (SSSR count). The van der Waals surface area contributed by atoms with Crippen LogP contribution in [0.25, 0.3) is 20.5 Å². The van der Waals surface area contributed by atoms with Crippen molar-refractivity contribution in [2.75, 3.05) is 26.2 Å². The molecule has 13 heteroatoms. The molecule has 3 aromatic carbocycles. The zero-order valence-corrected chi connectivity index (χ0v) is 26.0. The molecule has 0 saturated carbocycles. The molecule has 7 N–H and O–H groups in total. The number of carboxylic acid groups (broad SMARTS) is 4. The van der Waals surface area contributed by atoms with Crippen molar-refractivity contribution in [2.24, 2.45) is 5.73 Å². The van der Waals surface area contributed by atoms with Crippen LogP contribution >= 0.6 is 11.3 Å². The number of phenolic OH excluding ortho intramolecular Hbond substituents is 1. The molecule has 0 atom stereocenters. The molecule has 4 aromatic rings. The summed E-state index contributed by atoms with van der Waals surface area (Å²) in [5.41, 5.74) is 12.1. The van der Waals surface area contributed by atoms with Crippen LogP contribution < -0.4 is 10.5 Å². The van der Waals surface area contributed by atoms with Gasteiger partial charge in [0.15, 0.2) is 0 Å². The lowest BCUT2D eigenvalue weighted by molar-refractivity contribution is -0.159. The number of nitrogens with two attached hydrogens (primary N) is 1. The first kappa shape index (κ1) is 35.5. The maximum absolute atomic E-state index is 10.1. The van der Waals surface area contributed by atoms with Crippen molar-refractivity contribution in [3.8, 4) is 21.9 Å². The van der Waals surface area contributed by atoms with E-state index in [1.165, 1.54) is 58.4 Å². The van der Waals surface area contributed by atoms with Crippen molar-refractivity contribution < 1.29 is 49.4 Å². The highest BCUT2D eigenvalue weighted by molar-refractivity contribution is 7.22. The average Bonchev–Trinajstić information content (AvgIpc) is 3.66. The lowest BCUT2D eigenvalue weighted by Gasteiger charge is -2.17. The number of benzene rings is 3. The fraction of sp³-hybridized carbons (Fsp3) is 0.273. The third kappa shape index (κ3) is 10.3. The van der Waals surface area contributed by atoms with E-state index in [9.17, 15) is 5.11 Å². The van der Waals surface area contributed by atoms with Gasteiger partial charge in [0.2, 0.25) is 0 Å². The molecule has 0 spiro atoms. The van der Waals surface area contributed by atoms with Gasteiger partial charge in [-0.15, -0.1) is 11.3 Å². The molecule has 1 aliphatic heterocycles. The van der Waals surface area contributed by atoms with Gasteiger partial charge in [0, 0.05) is 22.7 Å². The minimum atomic E-state index is -1.82. The molecule has 1 aliphatic rings. The number of rotatable bonds is 8. The quantitative estimate of drug-likeness (QED) is 0.146. The van der Waals surface area contributed by atoms with E-state index in [1.54, 1.807) is 17.4 Å². The smallest absolute Gasteiger partial charge is 0.414 e. The van der Waals surface area contributed by atoms with Crippen LogP contribution in [0.4, 0.5) is 0 Å². The number of phenols is 1. The zero-order valence-electron chi connectivity index (χ0n) is 25.1. The summed E-state index contributed by atoms with van der Waals surface area (Å²) in [6.45, 7) is 6.74. The van der Waals surface area contributed by atoms with Crippen molar-refractivity contribution in [3.63, 3.8) is 0 Å². The number of hydrogen-bond acceptors (Lipinski definition) is 9. The van der Waals surface area contributed by atoms with Gasteiger partial charge >= 0.3 is 23.9 Å². The summed E-state index contributed by atoms with van der Waals surface area (Å²) in [4.78, 5) is 40.2. The summed E-state index contributed by atoms with van der Waals surface area (Å²) in [5, 5.41) is 40.8. The number of aryl methyl sites for hydroxylation is 1. The van der Waals surface area contributed by atoms with Crippen molar-refractivity contribution in [3.05, 3.63) is 82.9 Å². The van der Waals surface area contributed by atoms with E-state index in [0.717, 1.165) is 29.0 Å². The molecular formula is C33H36N2O10S. The summed E-state index contributed by atoms with van der Waals surface area (Å²) >= 11 is 1.74. The first-order valence-corrected chi connectivity index (χ1v) is 15.1. The molecule has 1 saturated heterocycles. The second kappa shape index (κ2) is 16.9. The summed E-state index contributed by atoms with van der Waals surface area (Å²) in [7, 11) is 0. The number of aliphatic carboxylic acids is 4. The van der Waals surface area contributed by atoms with Gasteiger partial charge in [-0.05, 0) is 115 Å². The Kier molecular flexibility index (Phi) is 13.1. The summed E-state index contributed by atoms with van der Waals surface area (Å²) < 4.78 is 6.77. The molecule has 46 heavy (non-hydrogen) atoms. The van der Waals surface area contributed by atoms with Crippen LogP contribution in [0, 0.1) is 6.92 Å². The van der Waals surface area contributed by atoms with Gasteiger partial charge < -0.3 is 36.0 Å². The minimum Gasteiger partial charge on any atom is -0.508 e. The second-order valence-corrected chi connectivity index (χ2v) is 11.4. The summed E-state index contributed by atoms with van der Waals surface area (Å²) in [6.07, 6.45) is 3.50. The normalized spacial score (nSPS) is 12.4. The van der Waals surface area contributed by atoms with Crippen LogP contribution in [-0.2, 0) is 32.1 Å². The van der Waals surface area contributed by atoms with E-state index >= 15 is 0 Å². The van der Waals surface area contributed by atoms with Gasteiger partial charge in [0.1, 0.15) is 18.1 Å². The van der Waals surface area contributed by atoms with Gasteiger partial charge in [-0.3, -0.25) is 4.90 Å². The van der Waals surface area contributed by atoms with E-state index in [4.69, 9.17) is 50.1 Å². The molecule has 0 radical (unpaired) electrons. The molecular weight excluding hydrogens is 616 g/mol. The van der Waals surface area contributed by atoms with E-state index in [-0.39, 0.29) is 0 Å². The number of aromatic hydroxyl groups is 1. The van der Waals surface area contributed by atoms with Crippen LogP contribution in [-0.4, -0.2) is 80.6 Å². The highest BCUT2D eigenvalue weighted by atomic mass is 32.1. The molecule has 2 heterocycles. The van der Waals surface area contributed by atoms with Gasteiger partial charge in [-0.2, -0.15) is 0 Å². The molecule has 1 aromatic heterocycles. The lowest BCUT2D eigenvalue weighted by atomic mass is 9.96. The standard InChI is InChI=1S/C29H32N2O2S.2C2H2O4/c1-20-16-21(4-5-23(20)19-31-13-2-3-14-31)17-27-26-11-8-24(32)18-28(26)34-29(27)22-6-9-25(10-7-22)33-15-12-30;2*3-1(4)2(5)6/h4-11,16,18,32H,2-3,12-15,17,19,30H2,1H3;2*(H,3,4)(H,5,6). The SMILES string of the molecule is Cc1cc(Cc2c(-c3ccc(OCCN)cc3)sc3cc(O)ccc23)ccc1CN1CCCC1.O=C(O)C(=O)O.O=C(O)C(=O)O. The van der Waals surface area contributed by atoms with E-state index in [0.29, 0.717) is 18.9 Å². The van der Waals surface area contributed by atoms with Crippen LogP contribution in [0.2, 0.25) is 0 Å². The molecule has 0 unspecified atom stereocenters. The maximum Gasteiger partial charge on any atom is 0.414 e. The van der Waals surface area contributed by atoms with Crippen LogP contribution in [0.5, 0.6) is 11.5 Å². The summed E-state index contributed by atoms with van der Waals surface area (Å²) in [5.74, 6) is -6.16. The number of thiophene rings is 1. The Morgan fingerprint density at radius 3 is 2.00 bits per heavy atom. The predicted octanol–water partition coefficient (Wildman–Crippen LogP) is 4.42. The van der Waals surface area contributed by atoms with Gasteiger partial charge in [-0.1, -0.05) is 18.2 Å². The monoisotopic (exact) mass is 652 g/mol. The topological polar surface area (TPSA) is 208 Å². The zero-order chi connectivity index (χ0) is 33.8. The van der Waals surface area contributed by atoms with Crippen LogP contribution in [0.15, 0.2) is 60.7 Å². The molecule has 0 aliphatic carbocycles. The highest BCUT2D eigenvalue weighted by Crippen LogP contribution is 2.41. The first-order chi connectivity index (χ1) is 21.9. The number of ether oxygens (including phenoxy) is 1. The molecule has 0 bridgehead atoms. The fourth-order valence-corrected chi connectivity index (χ4v) is 6.12. The Bertz CT molecular complexity index is 1630. The van der Waals surface area contributed by atoms with E-state index < -0.39 is 23.9 Å². The number of likely N-dealkylation sites (tertiary alicyclic amines) is 1. The number of hydrogen-bond donors (Lipinski definition) is 6. The number of carbonyl (C=O) groups is 4. The Labute approximate surface area is 268 Å². The van der Waals surface area contributed by atoms with Gasteiger partial charge in [0.05, 0.1) is 0 Å². The average molecular weight is 653 g/mol. The predicted molar refractivity (Wildman–Crippen MR) is 173 cm³/mol. The molecule has 1 fully saturated rings. The van der Waals surface area contributed by atoms with E-state index in [2.05, 4.69) is 42.2 Å². The molecule has 12 nitrogen and oxygen atoms in total. The Hall–Kier alpha value is -4.98. The Morgan fingerprint density at radius 2 is 1.46 bits per heavy atom. The Morgan fingerprint density at radius 1 is 0.848 bits per heavy atom. The number of fused-ring (bicyclic) bond motifs is 1. The van der Waals surface area contributed by atoms with Gasteiger partial charge in [0.25, 0.3) is 0 Å². The van der Waals surface area contributed by atoms with Crippen molar-refractivity contribution in [1.82, 2.24) is 4.90 Å². The number of carboxylic acids is 4. The Balaban J connectivity index is 0.000000410.